The molecule has 8 nitrogen and oxygen atoms in total. The molecule has 0 aliphatic carbocycles. The van der Waals surface area contributed by atoms with Crippen LogP contribution in [0.2, 0.25) is 0 Å². The number of aromatic hydroxyl groups is 2. The van der Waals surface area contributed by atoms with Gasteiger partial charge >= 0.3 is 0 Å². The van der Waals surface area contributed by atoms with E-state index in [9.17, 15) is 23.4 Å². The predicted molar refractivity (Wildman–Crippen MR) is 105 cm³/mol. The van der Waals surface area contributed by atoms with Gasteiger partial charge in [0.15, 0.2) is 11.5 Å². The first-order valence-corrected chi connectivity index (χ1v) is 9.81. The van der Waals surface area contributed by atoms with Crippen LogP contribution in [0, 0.1) is 0 Å². The number of pyridine rings is 1. The predicted octanol–water partition coefficient (Wildman–Crippen LogP) is 2.69. The number of phenols is 2. The molecular formula is C19H17N3O5S. The number of phenolic OH excluding ortho intramolecular Hbond substituents is 2. The van der Waals surface area contributed by atoms with E-state index in [1.807, 2.05) is 0 Å². The van der Waals surface area contributed by atoms with Crippen molar-refractivity contribution in [3.63, 3.8) is 0 Å². The van der Waals surface area contributed by atoms with Crippen molar-refractivity contribution in [3.05, 3.63) is 78.0 Å². The molecule has 144 valence electrons. The zero-order valence-electron chi connectivity index (χ0n) is 14.5. The molecule has 2 aromatic carbocycles. The van der Waals surface area contributed by atoms with Crippen LogP contribution in [0.15, 0.2) is 66.9 Å². The number of amides is 1. The maximum absolute atomic E-state index is 12.4. The molecule has 0 saturated heterocycles. The van der Waals surface area contributed by atoms with E-state index in [0.29, 0.717) is 5.56 Å². The number of benzene rings is 2. The number of anilines is 2. The molecule has 0 spiro atoms. The van der Waals surface area contributed by atoms with E-state index >= 15 is 0 Å². The molecule has 0 radical (unpaired) electrons. The van der Waals surface area contributed by atoms with Crippen LogP contribution in [0.5, 0.6) is 11.5 Å². The molecule has 3 rings (SSSR count). The van der Waals surface area contributed by atoms with Gasteiger partial charge in [0.2, 0.25) is 10.0 Å². The fourth-order valence-corrected chi connectivity index (χ4v) is 3.55. The molecule has 0 bridgehead atoms. The fourth-order valence-electron chi connectivity index (χ4n) is 2.42. The first kappa shape index (κ1) is 19.2. The highest BCUT2D eigenvalue weighted by atomic mass is 32.2. The number of carbonyl (C=O) groups excluding carboxylic acids is 1. The standard InChI is InChI=1S/C19H17N3O5S/c23-16-7-6-15(11-17(16)24)21-19(25)14-8-9-20-18(10-14)22-28(26,27)12-13-4-2-1-3-5-13/h1-11,23-24H,12H2,(H,20,22)(H,21,25). The van der Waals surface area contributed by atoms with Crippen molar-refractivity contribution in [2.75, 3.05) is 10.0 Å². The minimum Gasteiger partial charge on any atom is -0.504 e. The quantitative estimate of drug-likeness (QED) is 0.373. The van der Waals surface area contributed by atoms with Crippen LogP contribution in [0.25, 0.3) is 0 Å². The van der Waals surface area contributed by atoms with Gasteiger partial charge in [-0.1, -0.05) is 30.3 Å². The van der Waals surface area contributed by atoms with E-state index in [0.717, 1.165) is 0 Å². The van der Waals surface area contributed by atoms with Crippen molar-refractivity contribution >= 4 is 27.4 Å². The Hall–Kier alpha value is -3.59. The first-order chi connectivity index (χ1) is 13.3. The highest BCUT2D eigenvalue weighted by Crippen LogP contribution is 2.27. The van der Waals surface area contributed by atoms with E-state index in [-0.39, 0.29) is 34.3 Å². The summed E-state index contributed by atoms with van der Waals surface area (Å²) < 4.78 is 27.0. The third-order valence-corrected chi connectivity index (χ3v) is 4.95. The van der Waals surface area contributed by atoms with Gasteiger partial charge < -0.3 is 15.5 Å². The summed E-state index contributed by atoms with van der Waals surface area (Å²) in [5.41, 5.74) is 1.05. The molecule has 3 aromatic rings. The largest absolute Gasteiger partial charge is 0.504 e. The average Bonchev–Trinajstić information content (AvgIpc) is 2.65. The topological polar surface area (TPSA) is 129 Å². The Kier molecular flexibility index (Phi) is 5.46. The highest BCUT2D eigenvalue weighted by molar-refractivity contribution is 7.91. The van der Waals surface area contributed by atoms with Crippen molar-refractivity contribution in [3.8, 4) is 11.5 Å². The molecular weight excluding hydrogens is 382 g/mol. The van der Waals surface area contributed by atoms with Gasteiger partial charge in [-0.2, -0.15) is 0 Å². The SMILES string of the molecule is O=C(Nc1ccc(O)c(O)c1)c1ccnc(NS(=O)(=O)Cc2ccccc2)c1. The lowest BCUT2D eigenvalue weighted by Crippen LogP contribution is -2.17. The number of rotatable bonds is 6. The Labute approximate surface area is 161 Å². The molecule has 28 heavy (non-hydrogen) atoms. The molecule has 0 aliphatic rings. The van der Waals surface area contributed by atoms with Gasteiger partial charge in [0.1, 0.15) is 5.82 Å². The van der Waals surface area contributed by atoms with E-state index in [1.165, 1.54) is 36.5 Å². The number of nitrogens with zero attached hydrogens (tertiary/aromatic N) is 1. The molecule has 1 heterocycles. The minimum absolute atomic E-state index is 0.0112. The molecule has 1 amide bonds. The van der Waals surface area contributed by atoms with Crippen molar-refractivity contribution in [1.82, 2.24) is 4.98 Å². The van der Waals surface area contributed by atoms with Gasteiger partial charge in [-0.25, -0.2) is 13.4 Å². The van der Waals surface area contributed by atoms with Gasteiger partial charge in [-0.05, 0) is 29.8 Å². The summed E-state index contributed by atoms with van der Waals surface area (Å²) in [6, 6.07) is 15.2. The second-order valence-electron chi connectivity index (χ2n) is 5.93. The number of carbonyl (C=O) groups is 1. The number of aromatic nitrogens is 1. The first-order valence-electron chi connectivity index (χ1n) is 8.16. The van der Waals surface area contributed by atoms with E-state index in [4.69, 9.17) is 0 Å². The lowest BCUT2D eigenvalue weighted by atomic mass is 10.2. The second kappa shape index (κ2) is 7.97. The van der Waals surface area contributed by atoms with Gasteiger partial charge in [0.05, 0.1) is 5.75 Å². The molecule has 9 heteroatoms. The zero-order valence-corrected chi connectivity index (χ0v) is 15.3. The van der Waals surface area contributed by atoms with Gasteiger partial charge in [-0.15, -0.1) is 0 Å². The van der Waals surface area contributed by atoms with Crippen LogP contribution in [0.3, 0.4) is 0 Å². The Balaban J connectivity index is 1.72. The molecule has 0 atom stereocenters. The average molecular weight is 399 g/mol. The molecule has 0 aliphatic heterocycles. The highest BCUT2D eigenvalue weighted by Gasteiger charge is 2.14. The number of hydrogen-bond donors (Lipinski definition) is 4. The van der Waals surface area contributed by atoms with Crippen LogP contribution >= 0.6 is 0 Å². The lowest BCUT2D eigenvalue weighted by molar-refractivity contribution is 0.102. The van der Waals surface area contributed by atoms with Crippen molar-refractivity contribution in [1.29, 1.82) is 0 Å². The summed E-state index contributed by atoms with van der Waals surface area (Å²) in [6.07, 6.45) is 1.31. The maximum atomic E-state index is 12.4. The summed E-state index contributed by atoms with van der Waals surface area (Å²) in [5.74, 6) is -1.43. The van der Waals surface area contributed by atoms with Crippen molar-refractivity contribution in [2.24, 2.45) is 0 Å². The van der Waals surface area contributed by atoms with Gasteiger partial charge in [0, 0.05) is 23.5 Å². The van der Waals surface area contributed by atoms with Crippen LogP contribution in [0.4, 0.5) is 11.5 Å². The van der Waals surface area contributed by atoms with Crippen molar-refractivity contribution in [2.45, 2.75) is 5.75 Å². The van der Waals surface area contributed by atoms with Gasteiger partial charge in [0.25, 0.3) is 5.91 Å². The monoisotopic (exact) mass is 399 g/mol. The van der Waals surface area contributed by atoms with Crippen LogP contribution in [0.1, 0.15) is 15.9 Å². The van der Waals surface area contributed by atoms with Crippen molar-refractivity contribution < 1.29 is 23.4 Å². The summed E-state index contributed by atoms with van der Waals surface area (Å²) >= 11 is 0. The summed E-state index contributed by atoms with van der Waals surface area (Å²) in [6.45, 7) is 0. The number of nitrogens with one attached hydrogen (secondary N) is 2. The number of hydrogen-bond acceptors (Lipinski definition) is 6. The summed E-state index contributed by atoms with van der Waals surface area (Å²) in [4.78, 5) is 16.3. The third kappa shape index (κ3) is 4.98. The summed E-state index contributed by atoms with van der Waals surface area (Å²) in [5, 5.41) is 21.3. The Morgan fingerprint density at radius 3 is 2.43 bits per heavy atom. The molecule has 1 aromatic heterocycles. The van der Waals surface area contributed by atoms with Crippen LogP contribution in [-0.4, -0.2) is 29.5 Å². The van der Waals surface area contributed by atoms with E-state index < -0.39 is 15.9 Å². The molecule has 0 saturated carbocycles. The lowest BCUT2D eigenvalue weighted by Gasteiger charge is -2.10. The van der Waals surface area contributed by atoms with Crippen LogP contribution < -0.4 is 10.0 Å². The smallest absolute Gasteiger partial charge is 0.255 e. The molecule has 0 fully saturated rings. The number of sulfonamides is 1. The van der Waals surface area contributed by atoms with E-state index in [1.54, 1.807) is 30.3 Å². The molecule has 4 N–H and O–H groups in total. The summed E-state index contributed by atoms with van der Waals surface area (Å²) in [7, 11) is -3.70. The third-order valence-electron chi connectivity index (χ3n) is 3.71. The van der Waals surface area contributed by atoms with E-state index in [2.05, 4.69) is 15.0 Å². The maximum Gasteiger partial charge on any atom is 0.255 e. The minimum atomic E-state index is -3.70. The fraction of sp³-hybridized carbons (Fsp3) is 0.0526. The Bertz CT molecular complexity index is 1100. The second-order valence-corrected chi connectivity index (χ2v) is 7.66. The Morgan fingerprint density at radius 2 is 1.71 bits per heavy atom. The zero-order chi connectivity index (χ0) is 20.1. The molecule has 0 unspecified atom stereocenters. The Morgan fingerprint density at radius 1 is 0.964 bits per heavy atom. The van der Waals surface area contributed by atoms with Gasteiger partial charge in [-0.3, -0.25) is 9.52 Å². The van der Waals surface area contributed by atoms with Crippen LogP contribution in [-0.2, 0) is 15.8 Å². The normalized spacial score (nSPS) is 11.0.